The van der Waals surface area contributed by atoms with E-state index in [9.17, 15) is 15.5 Å². The fraction of sp³-hybridized carbons (Fsp3) is 0.600. The molecule has 0 radical (unpaired) electrons. The molecule has 7 nitrogen and oxygen atoms in total. The third kappa shape index (κ3) is 2.77. The van der Waals surface area contributed by atoms with E-state index >= 15 is 0 Å². The monoisotopic (exact) mass is 501 g/mol. The number of nitrogens with zero attached hydrogens (tertiary/aromatic N) is 3. The summed E-state index contributed by atoms with van der Waals surface area (Å²) >= 11 is 0. The van der Waals surface area contributed by atoms with Crippen LogP contribution in [0.4, 0.5) is 0 Å². The summed E-state index contributed by atoms with van der Waals surface area (Å²) < 4.78 is 13.1. The number of aromatic nitrogens is 1. The van der Waals surface area contributed by atoms with Gasteiger partial charge in [-0.25, -0.2) is 4.98 Å². The molecule has 2 bridgehead atoms. The number of aliphatic hydroxyl groups is 2. The topological polar surface area (TPSA) is 103 Å². The predicted molar refractivity (Wildman–Crippen MR) is 138 cm³/mol. The van der Waals surface area contributed by atoms with Crippen LogP contribution in [-0.2, 0) is 4.74 Å². The van der Waals surface area contributed by atoms with Gasteiger partial charge >= 0.3 is 0 Å². The van der Waals surface area contributed by atoms with Crippen LogP contribution in [0.3, 0.4) is 0 Å². The lowest BCUT2D eigenvalue weighted by Gasteiger charge is -2.61. The molecule has 2 N–H and O–H groups in total. The first-order valence-electron chi connectivity index (χ1n) is 13.5. The van der Waals surface area contributed by atoms with Crippen LogP contribution in [-0.4, -0.2) is 63.6 Å². The minimum Gasteiger partial charge on any atom is -0.441 e. The van der Waals surface area contributed by atoms with Gasteiger partial charge in [-0.05, 0) is 86.9 Å². The fourth-order valence-electron chi connectivity index (χ4n) is 8.90. The second kappa shape index (κ2) is 7.33. The zero-order valence-electron chi connectivity index (χ0n) is 22.0. The number of likely N-dealkylation sites (N-methyl/N-ethyl adjacent to an activating group) is 1. The zero-order chi connectivity index (χ0) is 26.0. The van der Waals surface area contributed by atoms with Crippen molar-refractivity contribution in [1.29, 1.82) is 5.26 Å². The maximum atomic E-state index is 11.3. The first-order valence-corrected chi connectivity index (χ1v) is 13.5. The summed E-state index contributed by atoms with van der Waals surface area (Å²) in [4.78, 5) is 6.45. The molecular formula is C30H35N3O4. The average molecular weight is 502 g/mol. The van der Waals surface area contributed by atoms with Gasteiger partial charge in [-0.1, -0.05) is 25.1 Å². The zero-order valence-corrected chi connectivity index (χ0v) is 22.0. The van der Waals surface area contributed by atoms with Crippen molar-refractivity contribution >= 4 is 16.7 Å². The Bertz CT molecular complexity index is 1420. The van der Waals surface area contributed by atoms with Crippen molar-refractivity contribution in [2.24, 2.45) is 16.7 Å². The molecule has 2 unspecified atom stereocenters. The average Bonchev–Trinajstić information content (AvgIpc) is 3.52. The smallest absolute Gasteiger partial charge is 0.192 e. The largest absolute Gasteiger partial charge is 0.441 e. The summed E-state index contributed by atoms with van der Waals surface area (Å²) in [5.74, 6) is 0.812. The molecule has 0 amide bonds. The summed E-state index contributed by atoms with van der Waals surface area (Å²) in [5.41, 5.74) is 2.64. The molecule has 2 spiro atoms. The van der Waals surface area contributed by atoms with Crippen molar-refractivity contribution in [2.45, 2.75) is 81.8 Å². The maximum Gasteiger partial charge on any atom is 0.192 e. The normalized spacial score (nSPS) is 44.2. The van der Waals surface area contributed by atoms with Crippen molar-refractivity contribution in [3.63, 3.8) is 0 Å². The van der Waals surface area contributed by atoms with E-state index in [-0.39, 0.29) is 17.4 Å². The molecule has 7 rings (SSSR count). The molecule has 2 aromatic rings. The number of allylic oxidation sites excluding steroid dienone is 2. The van der Waals surface area contributed by atoms with Crippen LogP contribution < -0.4 is 0 Å². The van der Waals surface area contributed by atoms with Crippen molar-refractivity contribution in [1.82, 2.24) is 9.88 Å². The molecule has 3 fully saturated rings. The van der Waals surface area contributed by atoms with Crippen molar-refractivity contribution in [3.8, 4) is 6.07 Å². The van der Waals surface area contributed by atoms with E-state index in [2.05, 4.69) is 36.2 Å². The number of hydrogen-bond acceptors (Lipinski definition) is 7. The van der Waals surface area contributed by atoms with Gasteiger partial charge in [0.2, 0.25) is 0 Å². The summed E-state index contributed by atoms with van der Waals surface area (Å²) in [5, 5.41) is 32.9. The number of fused-ring (bicyclic) bond motifs is 2. The summed E-state index contributed by atoms with van der Waals surface area (Å²) in [7, 11) is 3.88. The molecule has 5 aliphatic rings. The second-order valence-corrected chi connectivity index (χ2v) is 12.6. The van der Waals surface area contributed by atoms with Crippen LogP contribution in [0.2, 0.25) is 0 Å². The van der Waals surface area contributed by atoms with Crippen LogP contribution in [0.1, 0.15) is 56.9 Å². The Kier molecular flexibility index (Phi) is 4.67. The van der Waals surface area contributed by atoms with Gasteiger partial charge in [0.25, 0.3) is 0 Å². The number of oxazole rings is 1. The molecule has 3 heterocycles. The number of aliphatic hydroxyl groups excluding tert-OH is 2. The molecule has 194 valence electrons. The summed E-state index contributed by atoms with van der Waals surface area (Å²) in [6.45, 7) is 4.21. The molecule has 1 aromatic heterocycles. The van der Waals surface area contributed by atoms with Gasteiger partial charge in [-0.3, -0.25) is 0 Å². The number of ether oxygens (including phenoxy) is 1. The Morgan fingerprint density at radius 2 is 1.97 bits per heavy atom. The third-order valence-electron chi connectivity index (χ3n) is 10.7. The lowest BCUT2D eigenvalue weighted by molar-refractivity contribution is -0.223. The Morgan fingerprint density at radius 1 is 1.16 bits per heavy atom. The van der Waals surface area contributed by atoms with E-state index in [1.54, 1.807) is 0 Å². The van der Waals surface area contributed by atoms with E-state index in [4.69, 9.17) is 9.15 Å². The molecular weight excluding hydrogens is 466 g/mol. The van der Waals surface area contributed by atoms with Crippen LogP contribution in [0, 0.1) is 35.0 Å². The highest BCUT2D eigenvalue weighted by atomic mass is 16.5. The van der Waals surface area contributed by atoms with E-state index < -0.39 is 28.8 Å². The van der Waals surface area contributed by atoms with Gasteiger partial charge in [0, 0.05) is 18.9 Å². The highest BCUT2D eigenvalue weighted by Crippen LogP contribution is 2.72. The molecule has 3 aliphatic carbocycles. The number of hydrogen-bond donors (Lipinski definition) is 2. The van der Waals surface area contributed by atoms with Gasteiger partial charge < -0.3 is 24.3 Å². The van der Waals surface area contributed by atoms with E-state index in [1.807, 2.05) is 38.1 Å². The lowest BCUT2D eigenvalue weighted by Crippen LogP contribution is -2.66. The number of benzene rings is 1. The van der Waals surface area contributed by atoms with E-state index in [0.717, 1.165) is 47.9 Å². The molecule has 37 heavy (non-hydrogen) atoms. The lowest BCUT2D eigenvalue weighted by atomic mass is 9.49. The van der Waals surface area contributed by atoms with Gasteiger partial charge in [0.15, 0.2) is 11.5 Å². The Balaban J connectivity index is 1.32. The predicted octanol–water partition coefficient (Wildman–Crippen LogP) is 4.13. The number of rotatable bonds is 2. The number of nitriles is 1. The van der Waals surface area contributed by atoms with Crippen LogP contribution in [0.25, 0.3) is 16.7 Å². The SMILES string of the molecule is Cc1nc2ccc(C3=CCC4[C@@]56CC[C@]7(C[C@H](N(C)C)[C@@H](O)[C@H](O)C7=CC5(C#N)CC[C@]34C)O6)cc2o1. The van der Waals surface area contributed by atoms with Crippen LogP contribution >= 0.6 is 0 Å². The summed E-state index contributed by atoms with van der Waals surface area (Å²) in [6, 6.07) is 8.77. The molecule has 2 saturated carbocycles. The highest BCUT2D eigenvalue weighted by molar-refractivity contribution is 5.82. The molecule has 8 atom stereocenters. The minimum absolute atomic E-state index is 0.145. The van der Waals surface area contributed by atoms with Crippen molar-refractivity contribution in [3.05, 3.63) is 47.4 Å². The Morgan fingerprint density at radius 3 is 2.73 bits per heavy atom. The Hall–Kier alpha value is -2.50. The first kappa shape index (κ1) is 23.6. The fourth-order valence-corrected chi connectivity index (χ4v) is 8.90. The third-order valence-corrected chi connectivity index (χ3v) is 10.7. The Labute approximate surface area is 217 Å². The molecule has 7 heteroatoms. The van der Waals surface area contributed by atoms with Crippen LogP contribution in [0.15, 0.2) is 40.3 Å². The minimum atomic E-state index is -1.02. The van der Waals surface area contributed by atoms with Gasteiger partial charge in [0.05, 0.1) is 23.4 Å². The van der Waals surface area contributed by atoms with Gasteiger partial charge in [-0.15, -0.1) is 0 Å². The second-order valence-electron chi connectivity index (χ2n) is 12.6. The highest BCUT2D eigenvalue weighted by Gasteiger charge is 2.74. The van der Waals surface area contributed by atoms with Crippen LogP contribution in [0.5, 0.6) is 0 Å². The van der Waals surface area contributed by atoms with E-state index in [0.29, 0.717) is 18.7 Å². The molecule has 1 saturated heterocycles. The van der Waals surface area contributed by atoms with E-state index in [1.165, 1.54) is 5.57 Å². The maximum absolute atomic E-state index is 11.3. The van der Waals surface area contributed by atoms with Gasteiger partial charge in [-0.2, -0.15) is 5.26 Å². The standard InChI is InChI=1S/C30H35N3O4/c1-17-32-21-7-5-18(13-23(21)36-17)19-6-8-24-27(19,2)9-10-28(16-31)14-20-25(34)26(35)22(33(3)4)15-29(20)11-12-30(24,28)37-29/h5-7,13-14,22,24-26,34-35H,8-12,15H2,1-4H3/t22-,24?,25+,26+,27+,28?,29+,30-/m0/s1. The first-order chi connectivity index (χ1) is 17.6. The number of aryl methyl sites for hydroxylation is 1. The summed E-state index contributed by atoms with van der Waals surface area (Å²) in [6.07, 6.45) is 7.02. The quantitative estimate of drug-likeness (QED) is 0.597. The van der Waals surface area contributed by atoms with Gasteiger partial charge in [0.1, 0.15) is 17.0 Å². The van der Waals surface area contributed by atoms with Crippen molar-refractivity contribution in [2.75, 3.05) is 14.1 Å². The molecule has 2 aliphatic heterocycles. The van der Waals surface area contributed by atoms with Crippen molar-refractivity contribution < 1.29 is 19.4 Å². The molecule has 1 aromatic carbocycles.